The number of carbonyl (C=O) groups excluding carboxylic acids is 1. The third-order valence-corrected chi connectivity index (χ3v) is 10.2. The van der Waals surface area contributed by atoms with Crippen LogP contribution in [0.4, 0.5) is 26.3 Å². The van der Waals surface area contributed by atoms with Crippen LogP contribution in [0, 0.1) is 5.92 Å². The number of pyridine rings is 1. The van der Waals surface area contributed by atoms with Crippen LogP contribution in [-0.2, 0) is 22.6 Å². The van der Waals surface area contributed by atoms with E-state index in [2.05, 4.69) is 29.0 Å². The first-order chi connectivity index (χ1) is 23.8. The van der Waals surface area contributed by atoms with Crippen LogP contribution in [-0.4, -0.2) is 74.3 Å². The van der Waals surface area contributed by atoms with Crippen LogP contribution in [0.15, 0.2) is 77.7 Å². The minimum Gasteiger partial charge on any atom is -0.337 e. The second kappa shape index (κ2) is 14.9. The largest absolute Gasteiger partial charge is 0.416 e. The Bertz CT molecular complexity index is 1980. The maximum atomic E-state index is 14.5. The van der Waals surface area contributed by atoms with E-state index in [4.69, 9.17) is 0 Å². The summed E-state index contributed by atoms with van der Waals surface area (Å²) in [5, 5.41) is 2.09. The summed E-state index contributed by atoms with van der Waals surface area (Å²) in [7, 11) is -1.98. The molecule has 0 unspecified atom stereocenters. The molecule has 0 radical (unpaired) electrons. The molecule has 0 bridgehead atoms. The Morgan fingerprint density at radius 3 is 2.20 bits per heavy atom. The number of nitrogens with one attached hydrogen (secondary N) is 1. The van der Waals surface area contributed by atoms with E-state index in [1.165, 1.54) is 60.7 Å². The summed E-state index contributed by atoms with van der Waals surface area (Å²) in [6, 6.07) is 12.8. The van der Waals surface area contributed by atoms with Gasteiger partial charge in [0, 0.05) is 41.9 Å². The summed E-state index contributed by atoms with van der Waals surface area (Å²) >= 11 is 0. The van der Waals surface area contributed by atoms with Crippen molar-refractivity contribution in [2.45, 2.75) is 62.6 Å². The summed E-state index contributed by atoms with van der Waals surface area (Å²) in [6.45, 7) is 6.16. The van der Waals surface area contributed by atoms with Gasteiger partial charge in [-0.05, 0) is 62.7 Å². The number of hydrogen-bond acceptors (Lipinski definition) is 6. The molecule has 4 aromatic rings. The van der Waals surface area contributed by atoms with Crippen LogP contribution in [0.1, 0.15) is 59.8 Å². The molecule has 1 aromatic heterocycles. The Balaban J connectivity index is 1.73. The van der Waals surface area contributed by atoms with Crippen LogP contribution in [0.5, 0.6) is 0 Å². The third-order valence-electron chi connectivity index (χ3n) is 9.12. The van der Waals surface area contributed by atoms with Gasteiger partial charge in [0.2, 0.25) is 0 Å². The number of sulfone groups is 1. The fraction of sp³-hybridized carbons (Fsp3) is 0.405. The van der Waals surface area contributed by atoms with Crippen molar-refractivity contribution in [2.24, 2.45) is 5.92 Å². The lowest BCUT2D eigenvalue weighted by Crippen LogP contribution is -2.44. The zero-order valence-corrected chi connectivity index (χ0v) is 29.5. The number of halogens is 6. The second-order valence-corrected chi connectivity index (χ2v) is 15.5. The molecule has 1 aliphatic rings. The third kappa shape index (κ3) is 8.90. The number of likely N-dealkylation sites (tertiary alicyclic amines) is 1. The lowest BCUT2D eigenvalue weighted by atomic mass is 9.93. The number of hydrogen-bond donors (Lipinski definition) is 1. The molecule has 1 N–H and O–H groups in total. The van der Waals surface area contributed by atoms with Crippen LogP contribution in [0.3, 0.4) is 0 Å². The first-order valence-electron chi connectivity index (χ1n) is 16.5. The van der Waals surface area contributed by atoms with E-state index in [0.29, 0.717) is 19.0 Å². The van der Waals surface area contributed by atoms with Crippen molar-refractivity contribution in [1.29, 1.82) is 0 Å². The highest BCUT2D eigenvalue weighted by molar-refractivity contribution is 7.91. The monoisotopic (exact) mass is 734 g/mol. The Kier molecular flexibility index (Phi) is 11.2. The predicted molar refractivity (Wildman–Crippen MR) is 184 cm³/mol. The molecule has 7 nitrogen and oxygen atoms in total. The summed E-state index contributed by atoms with van der Waals surface area (Å²) < 4.78 is 111. The van der Waals surface area contributed by atoms with Gasteiger partial charge in [0.1, 0.15) is 0 Å². The molecule has 5 rings (SSSR count). The SMILES string of the molecule is CC(C)CN(C)C1CCN(Cc2c(-c3cccc(C(F)(F)F)c3)nc3c(S(C)(=O)=O)cccc3c2C(=O)N[C@H](c2ccccc2)C(F)(F)F)CC1. The van der Waals surface area contributed by atoms with Gasteiger partial charge in [-0.25, -0.2) is 13.4 Å². The van der Waals surface area contributed by atoms with Gasteiger partial charge in [0.15, 0.2) is 15.9 Å². The minimum atomic E-state index is -4.92. The Labute approximate surface area is 293 Å². The number of amides is 1. The summed E-state index contributed by atoms with van der Waals surface area (Å²) in [5.74, 6) is -0.727. The first kappa shape index (κ1) is 38.2. The van der Waals surface area contributed by atoms with Crippen LogP contribution in [0.25, 0.3) is 22.2 Å². The van der Waals surface area contributed by atoms with Crippen molar-refractivity contribution < 1.29 is 39.6 Å². The molecule has 2 heterocycles. The van der Waals surface area contributed by atoms with Crippen molar-refractivity contribution in [3.8, 4) is 11.3 Å². The van der Waals surface area contributed by atoms with Gasteiger partial charge in [-0.15, -0.1) is 0 Å². The van der Waals surface area contributed by atoms with Gasteiger partial charge in [0.05, 0.1) is 27.2 Å². The first-order valence-corrected chi connectivity index (χ1v) is 18.4. The molecular weight excluding hydrogens is 694 g/mol. The number of benzene rings is 3. The molecule has 1 aliphatic heterocycles. The minimum absolute atomic E-state index is 0.0387. The molecule has 14 heteroatoms. The quantitative estimate of drug-likeness (QED) is 0.167. The van der Waals surface area contributed by atoms with Crippen molar-refractivity contribution in [1.82, 2.24) is 20.1 Å². The fourth-order valence-corrected chi connectivity index (χ4v) is 7.60. The number of nitrogens with zero attached hydrogens (tertiary/aromatic N) is 3. The highest BCUT2D eigenvalue weighted by Crippen LogP contribution is 2.39. The molecule has 0 spiro atoms. The Hall–Kier alpha value is -4.01. The normalized spacial score (nSPS) is 15.8. The molecule has 0 aliphatic carbocycles. The average Bonchev–Trinajstić information content (AvgIpc) is 3.05. The van der Waals surface area contributed by atoms with E-state index in [-0.39, 0.29) is 56.3 Å². The molecule has 1 atom stereocenters. The lowest BCUT2D eigenvalue weighted by molar-refractivity contribution is -0.155. The summed E-state index contributed by atoms with van der Waals surface area (Å²) in [4.78, 5) is 22.9. The Morgan fingerprint density at radius 1 is 0.961 bits per heavy atom. The number of carbonyl (C=O) groups is 1. The number of aromatic nitrogens is 1. The second-order valence-electron chi connectivity index (χ2n) is 13.5. The van der Waals surface area contributed by atoms with Gasteiger partial charge in [0.25, 0.3) is 5.91 Å². The van der Waals surface area contributed by atoms with Crippen molar-refractivity contribution in [3.63, 3.8) is 0 Å². The van der Waals surface area contributed by atoms with Gasteiger partial charge in [-0.2, -0.15) is 26.3 Å². The average molecular weight is 735 g/mol. The maximum Gasteiger partial charge on any atom is 0.416 e. The predicted octanol–water partition coefficient (Wildman–Crippen LogP) is 7.91. The van der Waals surface area contributed by atoms with Gasteiger partial charge in [-0.3, -0.25) is 9.69 Å². The van der Waals surface area contributed by atoms with Crippen molar-refractivity contribution in [2.75, 3.05) is 32.9 Å². The molecule has 3 aromatic carbocycles. The molecule has 1 fully saturated rings. The van der Waals surface area contributed by atoms with Gasteiger partial charge < -0.3 is 10.2 Å². The van der Waals surface area contributed by atoms with E-state index >= 15 is 0 Å². The zero-order valence-electron chi connectivity index (χ0n) is 28.6. The number of alkyl halides is 6. The van der Waals surface area contributed by atoms with E-state index in [1.807, 2.05) is 11.9 Å². The zero-order chi connectivity index (χ0) is 37.3. The Morgan fingerprint density at radius 2 is 1.61 bits per heavy atom. The van der Waals surface area contributed by atoms with Crippen molar-refractivity contribution in [3.05, 3.63) is 95.1 Å². The topological polar surface area (TPSA) is 82.6 Å². The van der Waals surface area contributed by atoms with Gasteiger partial charge in [-0.1, -0.05) is 68.4 Å². The maximum absolute atomic E-state index is 14.5. The van der Waals surface area contributed by atoms with E-state index in [9.17, 15) is 39.6 Å². The number of para-hydroxylation sites is 1. The van der Waals surface area contributed by atoms with E-state index < -0.39 is 39.7 Å². The van der Waals surface area contributed by atoms with Crippen LogP contribution in [0.2, 0.25) is 0 Å². The van der Waals surface area contributed by atoms with Gasteiger partial charge >= 0.3 is 12.4 Å². The smallest absolute Gasteiger partial charge is 0.337 e. The number of piperidine rings is 1. The fourth-order valence-electron chi connectivity index (χ4n) is 6.76. The molecule has 0 saturated carbocycles. The molecule has 1 amide bonds. The highest BCUT2D eigenvalue weighted by atomic mass is 32.2. The lowest BCUT2D eigenvalue weighted by Gasteiger charge is -2.38. The molecule has 274 valence electrons. The highest BCUT2D eigenvalue weighted by Gasteiger charge is 2.43. The molecule has 1 saturated heterocycles. The van der Waals surface area contributed by atoms with Crippen molar-refractivity contribution >= 4 is 26.6 Å². The van der Waals surface area contributed by atoms with Crippen LogP contribution < -0.4 is 5.32 Å². The summed E-state index contributed by atoms with van der Waals surface area (Å²) in [6.07, 6.45) is -7.27. The molecule has 51 heavy (non-hydrogen) atoms. The molecular formula is C37H40F6N4O3S. The van der Waals surface area contributed by atoms with Crippen LogP contribution >= 0.6 is 0 Å². The standard InChI is InChI=1S/C37H40F6N4O3S/c1-23(2)21-46(3)27-16-18-47(19-17-27)22-29-31(35(48)45-34(37(41,42)43)24-10-6-5-7-11-24)28-14-9-15-30(51(4,49)50)33(28)44-32(29)25-12-8-13-26(20-25)36(38,39)40/h5-15,20,23,27,34H,16-19,21-22H2,1-4H3,(H,45,48)/t34-/m1/s1. The van der Waals surface area contributed by atoms with E-state index in [1.54, 1.807) is 0 Å². The number of rotatable bonds is 10. The summed E-state index contributed by atoms with van der Waals surface area (Å²) in [5.41, 5.74) is -1.88. The van der Waals surface area contributed by atoms with E-state index in [0.717, 1.165) is 37.8 Å². The number of fused-ring (bicyclic) bond motifs is 1.